The standard InChI is InChI=1S/C28H34N2O5/c1-17-18(26(32)33)14-9-15-30(17)25(31)24(28(2,3)4)29-27(34)35-16-23-21-12-7-5-10-19(21)20-11-6-8-13-22(20)23/h5-8,10-13,17-18,23-24H,9,14-16H2,1-4H3,(H,29,34)(H,32,33)/t17-,18-,24+/m0/s1. The van der Waals surface area contributed by atoms with Gasteiger partial charge >= 0.3 is 12.1 Å². The van der Waals surface area contributed by atoms with Gasteiger partial charge in [-0.2, -0.15) is 0 Å². The molecule has 7 nitrogen and oxygen atoms in total. The third-order valence-electron chi connectivity index (χ3n) is 7.31. The maximum absolute atomic E-state index is 13.5. The summed E-state index contributed by atoms with van der Waals surface area (Å²) in [5.74, 6) is -1.85. The number of hydrogen-bond acceptors (Lipinski definition) is 4. The van der Waals surface area contributed by atoms with Crippen molar-refractivity contribution in [3.05, 3.63) is 59.7 Å². The fourth-order valence-corrected chi connectivity index (χ4v) is 5.36. The second-order valence-electron chi connectivity index (χ2n) is 10.6. The largest absolute Gasteiger partial charge is 0.481 e. The first-order valence-corrected chi connectivity index (χ1v) is 12.2. The Hall–Kier alpha value is -3.35. The molecule has 1 heterocycles. The van der Waals surface area contributed by atoms with Crippen LogP contribution in [-0.4, -0.2) is 53.2 Å². The number of carbonyl (C=O) groups excluding carboxylic acids is 2. The third-order valence-corrected chi connectivity index (χ3v) is 7.31. The number of likely N-dealkylation sites (tertiary alicyclic amines) is 1. The SMILES string of the molecule is C[C@H]1[C@@H](C(=O)O)CCCN1C(=O)[C@@H](NC(=O)OCC1c2ccccc2-c2ccccc21)C(C)(C)C. The van der Waals surface area contributed by atoms with Gasteiger partial charge in [0.05, 0.1) is 5.92 Å². The van der Waals surface area contributed by atoms with E-state index in [0.717, 1.165) is 22.3 Å². The Labute approximate surface area is 206 Å². The number of alkyl carbamates (subject to hydrolysis) is 1. The molecule has 4 rings (SSSR count). The monoisotopic (exact) mass is 478 g/mol. The molecule has 3 atom stereocenters. The number of piperidine rings is 1. The number of aliphatic carboxylic acids is 1. The molecule has 1 aliphatic carbocycles. The second-order valence-corrected chi connectivity index (χ2v) is 10.6. The molecule has 186 valence electrons. The van der Waals surface area contributed by atoms with Gasteiger partial charge in [0.25, 0.3) is 0 Å². The van der Waals surface area contributed by atoms with Gasteiger partial charge in [-0.1, -0.05) is 69.3 Å². The van der Waals surface area contributed by atoms with Crippen LogP contribution in [0.25, 0.3) is 11.1 Å². The molecule has 35 heavy (non-hydrogen) atoms. The van der Waals surface area contributed by atoms with Crippen molar-refractivity contribution in [2.45, 2.75) is 58.5 Å². The number of rotatable bonds is 5. The van der Waals surface area contributed by atoms with Crippen molar-refractivity contribution in [1.82, 2.24) is 10.2 Å². The molecule has 0 unspecified atom stereocenters. The highest BCUT2D eigenvalue weighted by Crippen LogP contribution is 2.44. The van der Waals surface area contributed by atoms with Crippen molar-refractivity contribution < 1.29 is 24.2 Å². The summed E-state index contributed by atoms with van der Waals surface area (Å²) in [5, 5.41) is 12.3. The Balaban J connectivity index is 1.47. The Bertz CT molecular complexity index is 1080. The molecule has 1 fully saturated rings. The van der Waals surface area contributed by atoms with Crippen LogP contribution in [0.2, 0.25) is 0 Å². The Kier molecular flexibility index (Phi) is 6.88. The first-order valence-electron chi connectivity index (χ1n) is 12.2. The van der Waals surface area contributed by atoms with Crippen molar-refractivity contribution in [2.24, 2.45) is 11.3 Å². The quantitative estimate of drug-likeness (QED) is 0.652. The highest BCUT2D eigenvalue weighted by atomic mass is 16.5. The number of carboxylic acid groups (broad SMARTS) is 1. The summed E-state index contributed by atoms with van der Waals surface area (Å²) in [5.41, 5.74) is 3.94. The van der Waals surface area contributed by atoms with E-state index in [4.69, 9.17) is 4.74 Å². The molecule has 0 spiro atoms. The van der Waals surface area contributed by atoms with E-state index in [2.05, 4.69) is 29.6 Å². The van der Waals surface area contributed by atoms with Crippen LogP contribution >= 0.6 is 0 Å². The van der Waals surface area contributed by atoms with Crippen molar-refractivity contribution in [2.75, 3.05) is 13.2 Å². The molecule has 2 aromatic carbocycles. The summed E-state index contributed by atoms with van der Waals surface area (Å²) in [6.07, 6.45) is 0.509. The number of benzene rings is 2. The number of fused-ring (bicyclic) bond motifs is 3. The lowest BCUT2D eigenvalue weighted by Crippen LogP contribution is -2.59. The number of nitrogens with zero attached hydrogens (tertiary/aromatic N) is 1. The van der Waals surface area contributed by atoms with Gasteiger partial charge in [0.2, 0.25) is 5.91 Å². The average Bonchev–Trinajstić information content (AvgIpc) is 3.14. The smallest absolute Gasteiger partial charge is 0.407 e. The van der Waals surface area contributed by atoms with Crippen LogP contribution in [0.5, 0.6) is 0 Å². The van der Waals surface area contributed by atoms with E-state index >= 15 is 0 Å². The van der Waals surface area contributed by atoms with Crippen LogP contribution in [0.4, 0.5) is 4.79 Å². The molecule has 1 saturated heterocycles. The Morgan fingerprint density at radius 2 is 1.63 bits per heavy atom. The molecule has 7 heteroatoms. The zero-order valence-corrected chi connectivity index (χ0v) is 20.8. The Morgan fingerprint density at radius 3 is 2.17 bits per heavy atom. The highest BCUT2D eigenvalue weighted by molar-refractivity contribution is 5.87. The lowest BCUT2D eigenvalue weighted by molar-refractivity contribution is -0.150. The van der Waals surface area contributed by atoms with Crippen molar-refractivity contribution in [1.29, 1.82) is 0 Å². The summed E-state index contributed by atoms with van der Waals surface area (Å²) in [4.78, 5) is 39.7. The fourth-order valence-electron chi connectivity index (χ4n) is 5.36. The molecule has 0 saturated carbocycles. The summed E-state index contributed by atoms with van der Waals surface area (Å²) >= 11 is 0. The highest BCUT2D eigenvalue weighted by Gasteiger charge is 2.42. The minimum absolute atomic E-state index is 0.0737. The van der Waals surface area contributed by atoms with Crippen LogP contribution < -0.4 is 5.32 Å². The van der Waals surface area contributed by atoms with E-state index in [9.17, 15) is 19.5 Å². The van der Waals surface area contributed by atoms with Gasteiger partial charge in [-0.15, -0.1) is 0 Å². The molecular weight excluding hydrogens is 444 g/mol. The molecule has 1 aliphatic heterocycles. The van der Waals surface area contributed by atoms with E-state index < -0.39 is 35.5 Å². The third kappa shape index (κ3) is 4.90. The summed E-state index contributed by atoms with van der Waals surface area (Å²) in [6, 6.07) is 14.9. The van der Waals surface area contributed by atoms with Crippen LogP contribution in [0.3, 0.4) is 0 Å². The van der Waals surface area contributed by atoms with E-state index in [-0.39, 0.29) is 18.4 Å². The molecule has 2 amide bonds. The topological polar surface area (TPSA) is 95.9 Å². The molecule has 0 radical (unpaired) electrons. The first-order chi connectivity index (χ1) is 16.6. The number of carboxylic acids is 1. The normalized spacial score (nSPS) is 20.5. The maximum atomic E-state index is 13.5. The van der Waals surface area contributed by atoms with Crippen LogP contribution in [0, 0.1) is 11.3 Å². The van der Waals surface area contributed by atoms with E-state index in [1.165, 1.54) is 0 Å². The van der Waals surface area contributed by atoms with E-state index in [1.807, 2.05) is 45.0 Å². The minimum atomic E-state index is -0.896. The van der Waals surface area contributed by atoms with Gasteiger partial charge in [-0.3, -0.25) is 9.59 Å². The number of ether oxygens (including phenoxy) is 1. The number of nitrogens with one attached hydrogen (secondary N) is 1. The van der Waals surface area contributed by atoms with Gasteiger partial charge in [0.1, 0.15) is 12.6 Å². The zero-order valence-electron chi connectivity index (χ0n) is 20.8. The number of carbonyl (C=O) groups is 3. The van der Waals surface area contributed by atoms with Crippen LogP contribution in [-0.2, 0) is 14.3 Å². The average molecular weight is 479 g/mol. The number of amides is 2. The molecule has 2 N–H and O–H groups in total. The van der Waals surface area contributed by atoms with Gasteiger partial charge < -0.3 is 20.1 Å². The van der Waals surface area contributed by atoms with Crippen molar-refractivity contribution in [3.8, 4) is 11.1 Å². The van der Waals surface area contributed by atoms with E-state index in [0.29, 0.717) is 19.4 Å². The molecule has 0 bridgehead atoms. The minimum Gasteiger partial charge on any atom is -0.481 e. The number of hydrogen-bond donors (Lipinski definition) is 2. The molecule has 2 aromatic rings. The van der Waals surface area contributed by atoms with Crippen molar-refractivity contribution in [3.63, 3.8) is 0 Å². The summed E-state index contributed by atoms with van der Waals surface area (Å²) in [7, 11) is 0. The predicted octanol–water partition coefficient (Wildman–Crippen LogP) is 4.65. The zero-order chi connectivity index (χ0) is 25.3. The Morgan fingerprint density at radius 1 is 1.06 bits per heavy atom. The second kappa shape index (κ2) is 9.72. The first kappa shape index (κ1) is 24.8. The lowest BCUT2D eigenvalue weighted by atomic mass is 9.83. The lowest BCUT2D eigenvalue weighted by Gasteiger charge is -2.41. The predicted molar refractivity (Wildman–Crippen MR) is 133 cm³/mol. The summed E-state index contributed by atoms with van der Waals surface area (Å²) in [6.45, 7) is 8.03. The molecule has 0 aromatic heterocycles. The maximum Gasteiger partial charge on any atom is 0.407 e. The summed E-state index contributed by atoms with van der Waals surface area (Å²) < 4.78 is 5.67. The van der Waals surface area contributed by atoms with Gasteiger partial charge in [0.15, 0.2) is 0 Å². The van der Waals surface area contributed by atoms with Gasteiger partial charge in [-0.25, -0.2) is 4.79 Å². The molecular formula is C28H34N2O5. The van der Waals surface area contributed by atoms with Crippen LogP contribution in [0.15, 0.2) is 48.5 Å². The van der Waals surface area contributed by atoms with Gasteiger partial charge in [-0.05, 0) is 47.4 Å². The van der Waals surface area contributed by atoms with Crippen LogP contribution in [0.1, 0.15) is 57.6 Å². The van der Waals surface area contributed by atoms with Crippen molar-refractivity contribution >= 4 is 18.0 Å². The fraction of sp³-hybridized carbons (Fsp3) is 0.464. The molecule has 2 aliphatic rings. The van der Waals surface area contributed by atoms with Gasteiger partial charge in [0, 0.05) is 18.5 Å². The van der Waals surface area contributed by atoms with E-state index in [1.54, 1.807) is 11.8 Å².